The minimum Gasteiger partial charge on any atom is -0.481 e. The Kier molecular flexibility index (Phi) is 3.33. The van der Waals surface area contributed by atoms with Crippen LogP contribution < -0.4 is 4.74 Å². The van der Waals surface area contributed by atoms with Crippen LogP contribution in [0.15, 0.2) is 18.3 Å². The van der Waals surface area contributed by atoms with Crippen LogP contribution in [-0.2, 0) is 11.2 Å². The van der Waals surface area contributed by atoms with Crippen LogP contribution in [0.2, 0.25) is 0 Å². The number of ether oxygens (including phenoxy) is 1. The number of carboxylic acids is 1. The number of alkyl halides is 2. The molecule has 76 valence electrons. The molecule has 0 saturated carbocycles. The Morgan fingerprint density at radius 2 is 2.36 bits per heavy atom. The number of carboxylic acid groups (broad SMARTS) is 1. The van der Waals surface area contributed by atoms with Gasteiger partial charge in [-0.05, 0) is 6.07 Å². The third-order valence-corrected chi connectivity index (χ3v) is 1.35. The summed E-state index contributed by atoms with van der Waals surface area (Å²) in [5, 5.41) is 8.41. The molecule has 0 aliphatic heterocycles. The molecule has 0 bridgehead atoms. The quantitative estimate of drug-likeness (QED) is 0.801. The Morgan fingerprint density at radius 3 is 2.93 bits per heavy atom. The molecule has 0 fully saturated rings. The molecule has 0 aliphatic carbocycles. The number of rotatable bonds is 4. The second-order valence-electron chi connectivity index (χ2n) is 2.43. The second-order valence-corrected chi connectivity index (χ2v) is 2.43. The van der Waals surface area contributed by atoms with Crippen LogP contribution in [0.3, 0.4) is 0 Å². The van der Waals surface area contributed by atoms with Crippen molar-refractivity contribution in [3.63, 3.8) is 0 Å². The van der Waals surface area contributed by atoms with E-state index in [1.165, 1.54) is 18.3 Å². The number of aliphatic carboxylic acids is 1. The highest BCUT2D eigenvalue weighted by Crippen LogP contribution is 2.14. The lowest BCUT2D eigenvalue weighted by atomic mass is 10.2. The van der Waals surface area contributed by atoms with Crippen LogP contribution >= 0.6 is 0 Å². The number of pyridine rings is 1. The highest BCUT2D eigenvalue weighted by Gasteiger charge is 2.07. The van der Waals surface area contributed by atoms with Crippen LogP contribution in [0, 0.1) is 0 Å². The van der Waals surface area contributed by atoms with Crippen molar-refractivity contribution in [1.82, 2.24) is 4.98 Å². The van der Waals surface area contributed by atoms with E-state index in [0.717, 1.165) is 0 Å². The van der Waals surface area contributed by atoms with Crippen LogP contribution in [0.1, 0.15) is 5.69 Å². The van der Waals surface area contributed by atoms with E-state index in [9.17, 15) is 13.6 Å². The third kappa shape index (κ3) is 3.34. The van der Waals surface area contributed by atoms with Gasteiger partial charge in [-0.15, -0.1) is 0 Å². The summed E-state index contributed by atoms with van der Waals surface area (Å²) in [6, 6.07) is 2.40. The number of nitrogens with zero attached hydrogens (tertiary/aromatic N) is 1. The van der Waals surface area contributed by atoms with Crippen molar-refractivity contribution in [3.8, 4) is 5.75 Å². The predicted molar refractivity (Wildman–Crippen MR) is 42.2 cm³/mol. The number of halogens is 2. The summed E-state index contributed by atoms with van der Waals surface area (Å²) in [4.78, 5) is 14.0. The Labute approximate surface area is 78.1 Å². The van der Waals surface area contributed by atoms with Crippen molar-refractivity contribution in [3.05, 3.63) is 24.0 Å². The van der Waals surface area contributed by atoms with E-state index >= 15 is 0 Å². The molecule has 0 saturated heterocycles. The van der Waals surface area contributed by atoms with Crippen LogP contribution in [-0.4, -0.2) is 22.7 Å². The Morgan fingerprint density at radius 1 is 1.64 bits per heavy atom. The first-order valence-electron chi connectivity index (χ1n) is 3.69. The molecule has 1 rings (SSSR count). The van der Waals surface area contributed by atoms with E-state index < -0.39 is 12.6 Å². The molecule has 0 aliphatic rings. The van der Waals surface area contributed by atoms with Crippen molar-refractivity contribution in [2.24, 2.45) is 0 Å². The first-order chi connectivity index (χ1) is 6.58. The van der Waals surface area contributed by atoms with Gasteiger partial charge in [-0.2, -0.15) is 8.78 Å². The molecular weight excluding hydrogens is 196 g/mol. The number of aromatic nitrogens is 1. The van der Waals surface area contributed by atoms with Gasteiger partial charge in [0.2, 0.25) is 0 Å². The van der Waals surface area contributed by atoms with E-state index in [1.807, 2.05) is 0 Å². The molecule has 0 radical (unpaired) electrons. The standard InChI is InChI=1S/C8H7F2NO3/c9-8(10)14-6-1-2-11-5(3-6)4-7(12)13/h1-3,8H,4H2,(H,12,13). The number of carbonyl (C=O) groups is 1. The highest BCUT2D eigenvalue weighted by molar-refractivity contribution is 5.69. The molecule has 1 aromatic rings. The van der Waals surface area contributed by atoms with Gasteiger partial charge in [-0.25, -0.2) is 0 Å². The molecule has 0 aromatic carbocycles. The van der Waals surface area contributed by atoms with Crippen LogP contribution in [0.5, 0.6) is 5.75 Å². The van der Waals surface area contributed by atoms with E-state index in [2.05, 4.69) is 9.72 Å². The summed E-state index contributed by atoms with van der Waals surface area (Å²) in [6.45, 7) is -2.92. The second kappa shape index (κ2) is 4.50. The van der Waals surface area contributed by atoms with Crippen LogP contribution in [0.25, 0.3) is 0 Å². The molecule has 1 N–H and O–H groups in total. The van der Waals surface area contributed by atoms with E-state index in [4.69, 9.17) is 5.11 Å². The van der Waals surface area contributed by atoms with Crippen molar-refractivity contribution < 1.29 is 23.4 Å². The lowest BCUT2D eigenvalue weighted by Crippen LogP contribution is -2.05. The van der Waals surface area contributed by atoms with Gasteiger partial charge in [-0.1, -0.05) is 0 Å². The summed E-state index contributed by atoms with van der Waals surface area (Å²) in [6.07, 6.45) is 0.899. The molecule has 14 heavy (non-hydrogen) atoms. The molecule has 0 spiro atoms. The minimum atomic E-state index is -2.92. The maximum Gasteiger partial charge on any atom is 0.387 e. The molecular formula is C8H7F2NO3. The zero-order chi connectivity index (χ0) is 10.6. The predicted octanol–water partition coefficient (Wildman–Crippen LogP) is 1.31. The summed E-state index contributed by atoms with van der Waals surface area (Å²) in [5.41, 5.74) is 0.177. The van der Waals surface area contributed by atoms with Crippen molar-refractivity contribution in [1.29, 1.82) is 0 Å². The fraction of sp³-hybridized carbons (Fsp3) is 0.250. The summed E-state index contributed by atoms with van der Waals surface area (Å²) < 4.78 is 27.6. The fourth-order valence-corrected chi connectivity index (χ4v) is 0.884. The Balaban J connectivity index is 2.73. The monoisotopic (exact) mass is 203 g/mol. The molecule has 0 unspecified atom stereocenters. The van der Waals surface area contributed by atoms with Gasteiger partial charge in [0.1, 0.15) is 5.75 Å². The van der Waals surface area contributed by atoms with Gasteiger partial charge < -0.3 is 9.84 Å². The van der Waals surface area contributed by atoms with Crippen molar-refractivity contribution >= 4 is 5.97 Å². The normalized spacial score (nSPS) is 10.2. The SMILES string of the molecule is O=C(O)Cc1cc(OC(F)F)ccn1. The first kappa shape index (κ1) is 10.4. The maximum absolute atomic E-state index is 11.8. The largest absolute Gasteiger partial charge is 0.481 e. The van der Waals surface area contributed by atoms with Gasteiger partial charge in [-0.3, -0.25) is 9.78 Å². The maximum atomic E-state index is 11.8. The fourth-order valence-electron chi connectivity index (χ4n) is 0.884. The van der Waals surface area contributed by atoms with Gasteiger partial charge in [0.25, 0.3) is 0 Å². The van der Waals surface area contributed by atoms with E-state index in [1.54, 1.807) is 0 Å². The van der Waals surface area contributed by atoms with Gasteiger partial charge >= 0.3 is 12.6 Å². The average molecular weight is 203 g/mol. The molecule has 1 aromatic heterocycles. The lowest BCUT2D eigenvalue weighted by Gasteiger charge is -2.04. The van der Waals surface area contributed by atoms with E-state index in [0.29, 0.717) is 0 Å². The molecule has 4 nitrogen and oxygen atoms in total. The first-order valence-corrected chi connectivity index (χ1v) is 3.69. The van der Waals surface area contributed by atoms with Gasteiger partial charge in [0.15, 0.2) is 0 Å². The summed E-state index contributed by atoms with van der Waals surface area (Å²) >= 11 is 0. The molecule has 6 heteroatoms. The lowest BCUT2D eigenvalue weighted by molar-refractivity contribution is -0.136. The Hall–Kier alpha value is -1.72. The smallest absolute Gasteiger partial charge is 0.387 e. The highest BCUT2D eigenvalue weighted by atomic mass is 19.3. The summed E-state index contributed by atoms with van der Waals surface area (Å²) in [5.74, 6) is -1.17. The molecule has 1 heterocycles. The van der Waals surface area contributed by atoms with Crippen molar-refractivity contribution in [2.45, 2.75) is 13.0 Å². The van der Waals surface area contributed by atoms with Gasteiger partial charge in [0, 0.05) is 12.3 Å². The minimum absolute atomic E-state index is 0.0914. The Bertz CT molecular complexity index is 330. The zero-order valence-electron chi connectivity index (χ0n) is 6.98. The zero-order valence-corrected chi connectivity index (χ0v) is 6.98. The molecule has 0 amide bonds. The third-order valence-electron chi connectivity index (χ3n) is 1.35. The van der Waals surface area contributed by atoms with Crippen LogP contribution in [0.4, 0.5) is 8.78 Å². The topological polar surface area (TPSA) is 59.4 Å². The molecule has 0 atom stereocenters. The average Bonchev–Trinajstić information content (AvgIpc) is 2.01. The van der Waals surface area contributed by atoms with Gasteiger partial charge in [0.05, 0.1) is 12.1 Å². The number of hydrogen-bond donors (Lipinski definition) is 1. The van der Waals surface area contributed by atoms with Crippen molar-refractivity contribution in [2.75, 3.05) is 0 Å². The number of hydrogen-bond acceptors (Lipinski definition) is 3. The van der Waals surface area contributed by atoms with E-state index in [-0.39, 0.29) is 17.9 Å². The summed E-state index contributed by atoms with van der Waals surface area (Å²) in [7, 11) is 0.